The van der Waals surface area contributed by atoms with Crippen molar-refractivity contribution in [3.63, 3.8) is 0 Å². The first-order chi connectivity index (χ1) is 10.8. The van der Waals surface area contributed by atoms with E-state index in [2.05, 4.69) is 0 Å². The van der Waals surface area contributed by atoms with Crippen molar-refractivity contribution in [2.24, 2.45) is 0 Å². The van der Waals surface area contributed by atoms with Crippen LogP contribution in [-0.4, -0.2) is 5.78 Å². The summed E-state index contributed by atoms with van der Waals surface area (Å²) in [4.78, 5) is 12.7. The van der Waals surface area contributed by atoms with E-state index in [-0.39, 0.29) is 5.78 Å². The van der Waals surface area contributed by atoms with Gasteiger partial charge in [0.15, 0.2) is 5.78 Å². The molecule has 108 valence electrons. The molecule has 0 aliphatic rings. The Kier molecular flexibility index (Phi) is 4.01. The maximum absolute atomic E-state index is 12.7. The van der Waals surface area contributed by atoms with Crippen LogP contribution >= 0.6 is 0 Å². The van der Waals surface area contributed by atoms with Crippen molar-refractivity contribution in [3.05, 3.63) is 101 Å². The predicted octanol–water partition coefficient (Wildman–Crippen LogP) is 4.09. The van der Waals surface area contributed by atoms with Crippen molar-refractivity contribution < 1.29 is 4.79 Å². The summed E-state index contributed by atoms with van der Waals surface area (Å²) < 4.78 is 0. The Morgan fingerprint density at radius 1 is 0.727 bits per heavy atom. The molecule has 0 bridgehead atoms. The Bertz CT molecular complexity index is 794. The molecular weight excluding hydrogens is 270 g/mol. The van der Waals surface area contributed by atoms with Crippen LogP contribution in [0.5, 0.6) is 0 Å². The van der Waals surface area contributed by atoms with Gasteiger partial charge in [0, 0.05) is 23.2 Å². The van der Waals surface area contributed by atoms with E-state index in [1.165, 1.54) is 0 Å². The highest BCUT2D eigenvalue weighted by Gasteiger charge is 2.13. The molecule has 2 nitrogen and oxygen atoms in total. The van der Waals surface area contributed by atoms with E-state index in [0.29, 0.717) is 12.0 Å². The van der Waals surface area contributed by atoms with Crippen LogP contribution in [0.15, 0.2) is 78.9 Å². The summed E-state index contributed by atoms with van der Waals surface area (Å²) in [6.45, 7) is 0. The fraction of sp³-hybridized carbons (Fsp3) is 0.0500. The Morgan fingerprint density at radius 3 is 2.05 bits per heavy atom. The zero-order valence-corrected chi connectivity index (χ0v) is 12.2. The molecule has 0 aliphatic carbocycles. The molecule has 0 radical (unpaired) electrons. The number of carbonyl (C=O) groups is 1. The molecule has 0 aliphatic heterocycles. The highest BCUT2D eigenvalue weighted by molar-refractivity contribution is 6.09. The molecule has 3 aromatic carbocycles. The molecule has 22 heavy (non-hydrogen) atoms. The van der Waals surface area contributed by atoms with Gasteiger partial charge in [0.05, 0.1) is 0 Å². The molecule has 0 fully saturated rings. The lowest BCUT2D eigenvalue weighted by Crippen LogP contribution is -2.06. The van der Waals surface area contributed by atoms with E-state index in [0.717, 1.165) is 22.4 Å². The van der Waals surface area contributed by atoms with Gasteiger partial charge in [0.2, 0.25) is 0 Å². The fourth-order valence-corrected chi connectivity index (χ4v) is 2.54. The monoisotopic (exact) mass is 287 g/mol. The van der Waals surface area contributed by atoms with Crippen LogP contribution in [0.4, 0.5) is 5.69 Å². The van der Waals surface area contributed by atoms with Gasteiger partial charge in [0.25, 0.3) is 0 Å². The Labute approximate surface area is 130 Å². The molecule has 3 aromatic rings. The summed E-state index contributed by atoms with van der Waals surface area (Å²) in [5.74, 6) is 0.0469. The van der Waals surface area contributed by atoms with Gasteiger partial charge in [-0.1, -0.05) is 72.8 Å². The summed E-state index contributed by atoms with van der Waals surface area (Å²) in [6, 6.07) is 24.8. The second-order valence-corrected chi connectivity index (χ2v) is 5.23. The molecule has 0 unspecified atom stereocenters. The fourth-order valence-electron chi connectivity index (χ4n) is 2.54. The van der Waals surface area contributed by atoms with Gasteiger partial charge in [-0.3, -0.25) is 4.79 Å². The normalized spacial score (nSPS) is 10.4. The lowest BCUT2D eigenvalue weighted by Gasteiger charge is -2.10. The summed E-state index contributed by atoms with van der Waals surface area (Å²) in [5, 5.41) is 0. The third-order valence-corrected chi connectivity index (χ3v) is 3.73. The number of anilines is 1. The smallest absolute Gasteiger partial charge is 0.193 e. The van der Waals surface area contributed by atoms with Crippen molar-refractivity contribution in [1.29, 1.82) is 0 Å². The number of carbonyl (C=O) groups excluding carboxylic acids is 1. The standard InChI is InChI=1S/C20H17NO/c21-19-13-7-5-11-17(19)14-16-10-4-6-12-18(16)20(22)15-8-2-1-3-9-15/h1-13H,14,21H2. The van der Waals surface area contributed by atoms with Crippen molar-refractivity contribution in [2.75, 3.05) is 5.73 Å². The van der Waals surface area contributed by atoms with Crippen LogP contribution in [0, 0.1) is 0 Å². The summed E-state index contributed by atoms with van der Waals surface area (Å²) in [5.41, 5.74) is 10.2. The van der Waals surface area contributed by atoms with Gasteiger partial charge in [-0.25, -0.2) is 0 Å². The lowest BCUT2D eigenvalue weighted by molar-refractivity contribution is 0.103. The van der Waals surface area contributed by atoms with E-state index < -0.39 is 0 Å². The lowest BCUT2D eigenvalue weighted by atomic mass is 9.94. The average molecular weight is 287 g/mol. The van der Waals surface area contributed by atoms with E-state index >= 15 is 0 Å². The number of hydrogen-bond donors (Lipinski definition) is 1. The zero-order chi connectivity index (χ0) is 15.4. The number of benzene rings is 3. The second-order valence-electron chi connectivity index (χ2n) is 5.23. The number of hydrogen-bond acceptors (Lipinski definition) is 2. The van der Waals surface area contributed by atoms with Crippen LogP contribution in [0.25, 0.3) is 0 Å². The summed E-state index contributed by atoms with van der Waals surface area (Å²) in [6.07, 6.45) is 0.654. The van der Waals surface area contributed by atoms with Crippen LogP contribution < -0.4 is 5.73 Å². The van der Waals surface area contributed by atoms with Gasteiger partial charge in [0.1, 0.15) is 0 Å². The highest BCUT2D eigenvalue weighted by atomic mass is 16.1. The van der Waals surface area contributed by atoms with Gasteiger partial charge in [-0.2, -0.15) is 0 Å². The Morgan fingerprint density at radius 2 is 1.32 bits per heavy atom. The first kappa shape index (κ1) is 14.1. The van der Waals surface area contributed by atoms with Crippen molar-refractivity contribution in [2.45, 2.75) is 6.42 Å². The molecule has 0 saturated heterocycles. The topological polar surface area (TPSA) is 43.1 Å². The third-order valence-electron chi connectivity index (χ3n) is 3.73. The van der Waals surface area contributed by atoms with Gasteiger partial charge in [-0.05, 0) is 17.2 Å². The molecule has 0 amide bonds. The third kappa shape index (κ3) is 2.91. The van der Waals surface area contributed by atoms with Gasteiger partial charge in [-0.15, -0.1) is 0 Å². The van der Waals surface area contributed by atoms with E-state index in [4.69, 9.17) is 5.73 Å². The molecule has 3 rings (SSSR count). The van der Waals surface area contributed by atoms with E-state index in [9.17, 15) is 4.79 Å². The first-order valence-electron chi connectivity index (χ1n) is 7.27. The summed E-state index contributed by atoms with van der Waals surface area (Å²) in [7, 11) is 0. The summed E-state index contributed by atoms with van der Waals surface area (Å²) >= 11 is 0. The Hall–Kier alpha value is -2.87. The number of nitrogens with two attached hydrogens (primary N) is 1. The molecule has 0 heterocycles. The minimum absolute atomic E-state index is 0.0469. The van der Waals surface area contributed by atoms with Crippen LogP contribution in [0.3, 0.4) is 0 Å². The predicted molar refractivity (Wildman–Crippen MR) is 90.0 cm³/mol. The molecule has 0 atom stereocenters. The van der Waals surface area contributed by atoms with E-state index in [1.54, 1.807) is 0 Å². The maximum atomic E-state index is 12.7. The van der Waals surface area contributed by atoms with Crippen molar-refractivity contribution in [1.82, 2.24) is 0 Å². The number of ketones is 1. The van der Waals surface area contributed by atoms with Gasteiger partial charge >= 0.3 is 0 Å². The largest absolute Gasteiger partial charge is 0.398 e. The van der Waals surface area contributed by atoms with Crippen LogP contribution in [-0.2, 0) is 6.42 Å². The SMILES string of the molecule is Nc1ccccc1Cc1ccccc1C(=O)c1ccccc1. The van der Waals surface area contributed by atoms with Crippen molar-refractivity contribution >= 4 is 11.5 Å². The molecule has 0 aromatic heterocycles. The quantitative estimate of drug-likeness (QED) is 0.580. The van der Waals surface area contributed by atoms with E-state index in [1.807, 2.05) is 78.9 Å². The highest BCUT2D eigenvalue weighted by Crippen LogP contribution is 2.21. The molecular formula is C20H17NO. The first-order valence-corrected chi connectivity index (χ1v) is 7.27. The molecule has 0 saturated carbocycles. The Balaban J connectivity index is 1.97. The number of nitrogen functional groups attached to an aromatic ring is 1. The van der Waals surface area contributed by atoms with Crippen LogP contribution in [0.1, 0.15) is 27.0 Å². The minimum atomic E-state index is 0.0469. The minimum Gasteiger partial charge on any atom is -0.398 e. The average Bonchev–Trinajstić information content (AvgIpc) is 2.58. The second kappa shape index (κ2) is 6.27. The molecule has 0 spiro atoms. The zero-order valence-electron chi connectivity index (χ0n) is 12.2. The number of para-hydroxylation sites is 1. The van der Waals surface area contributed by atoms with Crippen molar-refractivity contribution in [3.8, 4) is 0 Å². The molecule has 2 N–H and O–H groups in total. The maximum Gasteiger partial charge on any atom is 0.193 e. The van der Waals surface area contributed by atoms with Gasteiger partial charge < -0.3 is 5.73 Å². The number of rotatable bonds is 4. The molecule has 2 heteroatoms. The van der Waals surface area contributed by atoms with Crippen LogP contribution in [0.2, 0.25) is 0 Å².